The van der Waals surface area contributed by atoms with Gasteiger partial charge in [-0.15, -0.1) is 11.6 Å². The SMILES string of the molecule is O=C(CCCl)N(C1CCCCC1)C1CCCCC1. The minimum atomic E-state index is 0.309. The number of carbonyl (C=O) groups excluding carboxylic acids is 1. The van der Waals surface area contributed by atoms with Gasteiger partial charge in [-0.1, -0.05) is 38.5 Å². The first-order valence-corrected chi connectivity index (χ1v) is 8.23. The highest BCUT2D eigenvalue weighted by atomic mass is 35.5. The molecule has 0 N–H and O–H groups in total. The summed E-state index contributed by atoms with van der Waals surface area (Å²) in [7, 11) is 0. The van der Waals surface area contributed by atoms with Gasteiger partial charge in [0.1, 0.15) is 0 Å². The minimum Gasteiger partial charge on any atom is -0.337 e. The number of rotatable bonds is 4. The average Bonchev–Trinajstić information content (AvgIpc) is 2.42. The van der Waals surface area contributed by atoms with E-state index < -0.39 is 0 Å². The van der Waals surface area contributed by atoms with Crippen LogP contribution in [0.5, 0.6) is 0 Å². The van der Waals surface area contributed by atoms with Crippen LogP contribution in [0, 0.1) is 0 Å². The van der Waals surface area contributed by atoms with E-state index in [0.29, 0.717) is 30.3 Å². The fourth-order valence-corrected chi connectivity index (χ4v) is 3.80. The lowest BCUT2D eigenvalue weighted by Gasteiger charge is -2.41. The van der Waals surface area contributed by atoms with Gasteiger partial charge < -0.3 is 4.90 Å². The Morgan fingerprint density at radius 1 is 0.889 bits per heavy atom. The Morgan fingerprint density at radius 2 is 1.33 bits per heavy atom. The molecule has 3 heteroatoms. The fourth-order valence-electron chi connectivity index (χ4n) is 3.63. The molecular weight excluding hydrogens is 246 g/mol. The Labute approximate surface area is 116 Å². The van der Waals surface area contributed by atoms with Crippen LogP contribution in [0.3, 0.4) is 0 Å². The van der Waals surface area contributed by atoms with E-state index >= 15 is 0 Å². The maximum atomic E-state index is 12.4. The van der Waals surface area contributed by atoms with Crippen molar-refractivity contribution in [3.8, 4) is 0 Å². The van der Waals surface area contributed by atoms with E-state index in [9.17, 15) is 4.79 Å². The Bertz CT molecular complexity index is 239. The molecule has 2 nitrogen and oxygen atoms in total. The molecule has 0 aliphatic heterocycles. The molecule has 1 amide bonds. The summed E-state index contributed by atoms with van der Waals surface area (Å²) in [6.45, 7) is 0. The van der Waals surface area contributed by atoms with Gasteiger partial charge in [0.25, 0.3) is 0 Å². The Kier molecular flexibility index (Phi) is 5.81. The van der Waals surface area contributed by atoms with Crippen molar-refractivity contribution in [2.45, 2.75) is 82.7 Å². The molecule has 2 aliphatic rings. The molecule has 2 aliphatic carbocycles. The van der Waals surface area contributed by atoms with Gasteiger partial charge in [-0.25, -0.2) is 0 Å². The summed E-state index contributed by atoms with van der Waals surface area (Å²) in [5.41, 5.74) is 0. The number of nitrogens with zero attached hydrogens (tertiary/aromatic N) is 1. The maximum absolute atomic E-state index is 12.4. The van der Waals surface area contributed by atoms with Crippen LogP contribution >= 0.6 is 11.6 Å². The highest BCUT2D eigenvalue weighted by Crippen LogP contribution is 2.30. The largest absolute Gasteiger partial charge is 0.337 e. The Balaban J connectivity index is 2.02. The van der Waals surface area contributed by atoms with E-state index in [2.05, 4.69) is 4.90 Å². The van der Waals surface area contributed by atoms with Gasteiger partial charge in [0.2, 0.25) is 5.91 Å². The second-order valence-electron chi connectivity index (χ2n) is 5.82. The third-order valence-corrected chi connectivity index (χ3v) is 4.72. The van der Waals surface area contributed by atoms with Crippen molar-refractivity contribution < 1.29 is 4.79 Å². The average molecular weight is 272 g/mol. The number of carbonyl (C=O) groups is 1. The number of halogens is 1. The summed E-state index contributed by atoms with van der Waals surface area (Å²) in [4.78, 5) is 14.6. The van der Waals surface area contributed by atoms with Gasteiger partial charge in [0.15, 0.2) is 0 Å². The summed E-state index contributed by atoms with van der Waals surface area (Å²) in [5.74, 6) is 0.776. The molecule has 0 aromatic heterocycles. The molecule has 18 heavy (non-hydrogen) atoms. The van der Waals surface area contributed by atoms with Crippen molar-refractivity contribution in [2.75, 3.05) is 5.88 Å². The van der Waals surface area contributed by atoms with Gasteiger partial charge in [0.05, 0.1) is 0 Å². The van der Waals surface area contributed by atoms with Crippen molar-refractivity contribution >= 4 is 17.5 Å². The molecule has 2 rings (SSSR count). The van der Waals surface area contributed by atoms with Crippen LogP contribution in [0.15, 0.2) is 0 Å². The summed E-state index contributed by atoms with van der Waals surface area (Å²) in [5, 5.41) is 0. The zero-order valence-electron chi connectivity index (χ0n) is 11.4. The van der Waals surface area contributed by atoms with Crippen LogP contribution in [0.4, 0.5) is 0 Å². The summed E-state index contributed by atoms with van der Waals surface area (Å²) >= 11 is 5.77. The van der Waals surface area contributed by atoms with Crippen LogP contribution in [0.2, 0.25) is 0 Å². The number of alkyl halides is 1. The minimum absolute atomic E-state index is 0.309. The van der Waals surface area contributed by atoms with Crippen molar-refractivity contribution in [2.24, 2.45) is 0 Å². The van der Waals surface area contributed by atoms with Crippen molar-refractivity contribution in [3.63, 3.8) is 0 Å². The van der Waals surface area contributed by atoms with Gasteiger partial charge in [-0.05, 0) is 25.7 Å². The zero-order chi connectivity index (χ0) is 12.8. The highest BCUT2D eigenvalue weighted by Gasteiger charge is 2.31. The molecule has 0 saturated heterocycles. The number of hydrogen-bond donors (Lipinski definition) is 0. The second-order valence-corrected chi connectivity index (χ2v) is 6.20. The number of amides is 1. The molecule has 0 bridgehead atoms. The molecule has 0 spiro atoms. The summed E-state index contributed by atoms with van der Waals surface area (Å²) in [6, 6.07) is 1.02. The second kappa shape index (κ2) is 7.37. The highest BCUT2D eigenvalue weighted by molar-refractivity contribution is 6.18. The summed E-state index contributed by atoms with van der Waals surface area (Å²) in [6.07, 6.45) is 13.2. The predicted molar refractivity (Wildman–Crippen MR) is 75.9 cm³/mol. The Morgan fingerprint density at radius 3 is 1.72 bits per heavy atom. The van der Waals surface area contributed by atoms with Crippen LogP contribution in [0.25, 0.3) is 0 Å². The normalized spacial score (nSPS) is 22.9. The smallest absolute Gasteiger partial charge is 0.224 e. The maximum Gasteiger partial charge on any atom is 0.224 e. The molecule has 0 atom stereocenters. The predicted octanol–water partition coefficient (Wildman–Crippen LogP) is 4.11. The van der Waals surface area contributed by atoms with Crippen molar-refractivity contribution in [1.29, 1.82) is 0 Å². The first kappa shape index (κ1) is 14.2. The molecule has 0 aromatic carbocycles. The van der Waals surface area contributed by atoms with Crippen LogP contribution in [0.1, 0.15) is 70.6 Å². The third-order valence-electron chi connectivity index (χ3n) is 4.53. The molecular formula is C15H26ClNO. The van der Waals surface area contributed by atoms with Gasteiger partial charge >= 0.3 is 0 Å². The van der Waals surface area contributed by atoms with E-state index in [0.717, 1.165) is 0 Å². The summed E-state index contributed by atoms with van der Waals surface area (Å²) < 4.78 is 0. The lowest BCUT2D eigenvalue weighted by atomic mass is 9.88. The topological polar surface area (TPSA) is 20.3 Å². The van der Waals surface area contributed by atoms with Crippen molar-refractivity contribution in [3.05, 3.63) is 0 Å². The van der Waals surface area contributed by atoms with Gasteiger partial charge in [-0.2, -0.15) is 0 Å². The van der Waals surface area contributed by atoms with E-state index in [4.69, 9.17) is 11.6 Å². The van der Waals surface area contributed by atoms with E-state index in [1.165, 1.54) is 64.2 Å². The van der Waals surface area contributed by atoms with Crippen LogP contribution in [-0.4, -0.2) is 28.8 Å². The van der Waals surface area contributed by atoms with E-state index in [1.54, 1.807) is 0 Å². The molecule has 2 fully saturated rings. The third kappa shape index (κ3) is 3.63. The first-order valence-electron chi connectivity index (χ1n) is 7.70. The van der Waals surface area contributed by atoms with E-state index in [-0.39, 0.29) is 0 Å². The molecule has 0 unspecified atom stereocenters. The molecule has 0 heterocycles. The standard InChI is InChI=1S/C15H26ClNO/c16-12-11-15(18)17(13-7-3-1-4-8-13)14-9-5-2-6-10-14/h13-14H,1-12H2. The lowest BCUT2D eigenvalue weighted by molar-refractivity contribution is -0.137. The zero-order valence-corrected chi connectivity index (χ0v) is 12.1. The molecule has 0 aromatic rings. The first-order chi connectivity index (χ1) is 8.83. The molecule has 104 valence electrons. The monoisotopic (exact) mass is 271 g/mol. The van der Waals surface area contributed by atoms with Crippen LogP contribution < -0.4 is 0 Å². The lowest BCUT2D eigenvalue weighted by Crippen LogP contribution is -2.48. The molecule has 0 radical (unpaired) electrons. The quantitative estimate of drug-likeness (QED) is 0.705. The number of hydrogen-bond acceptors (Lipinski definition) is 1. The molecule has 2 saturated carbocycles. The fraction of sp³-hybridized carbons (Fsp3) is 0.933. The van der Waals surface area contributed by atoms with Gasteiger partial charge in [-0.3, -0.25) is 4.79 Å². The van der Waals surface area contributed by atoms with E-state index in [1.807, 2.05) is 0 Å². The van der Waals surface area contributed by atoms with Crippen LogP contribution in [-0.2, 0) is 4.79 Å². The van der Waals surface area contributed by atoms with Gasteiger partial charge in [0, 0.05) is 24.4 Å². The van der Waals surface area contributed by atoms with Crippen molar-refractivity contribution in [1.82, 2.24) is 4.90 Å². The Hall–Kier alpha value is -0.240.